The second-order valence-electron chi connectivity index (χ2n) is 5.43. The summed E-state index contributed by atoms with van der Waals surface area (Å²) in [6.07, 6.45) is 1.92. The molecule has 21 heavy (non-hydrogen) atoms. The molecule has 114 valence electrons. The van der Waals surface area contributed by atoms with Gasteiger partial charge in [0.05, 0.1) is 38.1 Å². The lowest BCUT2D eigenvalue weighted by Gasteiger charge is -2.39. The first-order valence-electron chi connectivity index (χ1n) is 7.22. The topological polar surface area (TPSA) is 60.9 Å². The molecule has 2 fully saturated rings. The summed E-state index contributed by atoms with van der Waals surface area (Å²) < 4.78 is 16.3. The lowest BCUT2D eigenvalue weighted by molar-refractivity contribution is -0.161. The number of hydrogen-bond donors (Lipinski definition) is 0. The molecule has 0 atom stereocenters. The van der Waals surface area contributed by atoms with Crippen LogP contribution in [-0.2, 0) is 14.2 Å². The molecule has 0 unspecified atom stereocenters. The Morgan fingerprint density at radius 3 is 2.81 bits per heavy atom. The van der Waals surface area contributed by atoms with E-state index in [-0.39, 0.29) is 5.97 Å². The molecule has 3 heterocycles. The number of anilines is 1. The van der Waals surface area contributed by atoms with Crippen molar-refractivity contribution < 1.29 is 19.0 Å². The van der Waals surface area contributed by atoms with Crippen molar-refractivity contribution in [2.75, 3.05) is 38.3 Å². The number of hydrogen-bond acceptors (Lipinski definition) is 6. The number of piperidine rings is 1. The third kappa shape index (κ3) is 2.73. The molecule has 2 aliphatic heterocycles. The van der Waals surface area contributed by atoms with Gasteiger partial charge in [0, 0.05) is 13.0 Å². The molecule has 2 aliphatic rings. The van der Waals surface area contributed by atoms with Crippen molar-refractivity contribution in [3.8, 4) is 0 Å². The van der Waals surface area contributed by atoms with Crippen molar-refractivity contribution in [2.45, 2.75) is 25.6 Å². The summed E-state index contributed by atoms with van der Waals surface area (Å²) >= 11 is 0. The summed E-state index contributed by atoms with van der Waals surface area (Å²) in [7, 11) is 1.37. The number of aromatic nitrogens is 1. The number of carbonyl (C=O) groups excluding carboxylic acids is 1. The van der Waals surface area contributed by atoms with Gasteiger partial charge in [0.15, 0.2) is 5.79 Å². The van der Waals surface area contributed by atoms with Crippen LogP contribution in [0.5, 0.6) is 0 Å². The molecule has 1 aromatic heterocycles. The van der Waals surface area contributed by atoms with Crippen LogP contribution in [0, 0.1) is 6.92 Å². The summed E-state index contributed by atoms with van der Waals surface area (Å²) in [5.74, 6) is 0.0111. The fourth-order valence-electron chi connectivity index (χ4n) is 2.97. The van der Waals surface area contributed by atoms with Crippen LogP contribution in [0.3, 0.4) is 0 Å². The normalized spacial score (nSPS) is 20.8. The summed E-state index contributed by atoms with van der Waals surface area (Å²) in [4.78, 5) is 18.3. The van der Waals surface area contributed by atoms with Crippen molar-refractivity contribution in [1.82, 2.24) is 4.98 Å². The summed E-state index contributed by atoms with van der Waals surface area (Å²) in [5, 5.41) is 0. The van der Waals surface area contributed by atoms with Crippen LogP contribution in [0.4, 0.5) is 5.82 Å². The lowest BCUT2D eigenvalue weighted by Crippen LogP contribution is -2.49. The SMILES string of the molecule is COC(=O)c1ccc(N2CCCC3(C2)OCCO3)nc1C. The number of carbonyl (C=O) groups is 1. The minimum Gasteiger partial charge on any atom is -0.465 e. The molecule has 0 aromatic carbocycles. The maximum absolute atomic E-state index is 11.6. The molecule has 6 heteroatoms. The highest BCUT2D eigenvalue weighted by atomic mass is 16.7. The summed E-state index contributed by atoms with van der Waals surface area (Å²) in [5.41, 5.74) is 1.17. The van der Waals surface area contributed by atoms with E-state index in [0.717, 1.165) is 25.2 Å². The Hall–Kier alpha value is -1.66. The largest absolute Gasteiger partial charge is 0.465 e. The number of esters is 1. The van der Waals surface area contributed by atoms with E-state index in [1.165, 1.54) is 7.11 Å². The Kier molecular flexibility index (Phi) is 3.82. The van der Waals surface area contributed by atoms with Gasteiger partial charge in [0.1, 0.15) is 5.82 Å². The molecule has 6 nitrogen and oxygen atoms in total. The van der Waals surface area contributed by atoms with Gasteiger partial charge in [-0.2, -0.15) is 0 Å². The summed E-state index contributed by atoms with van der Waals surface area (Å²) in [6, 6.07) is 3.62. The molecule has 0 aliphatic carbocycles. The highest BCUT2D eigenvalue weighted by Crippen LogP contribution is 2.32. The van der Waals surface area contributed by atoms with Gasteiger partial charge in [0.2, 0.25) is 0 Å². The van der Waals surface area contributed by atoms with Gasteiger partial charge in [-0.05, 0) is 25.5 Å². The molecule has 2 saturated heterocycles. The number of rotatable bonds is 2. The monoisotopic (exact) mass is 292 g/mol. The zero-order valence-electron chi connectivity index (χ0n) is 12.4. The van der Waals surface area contributed by atoms with Gasteiger partial charge in [0.25, 0.3) is 0 Å². The number of ether oxygens (including phenoxy) is 3. The fraction of sp³-hybridized carbons (Fsp3) is 0.600. The molecule has 3 rings (SSSR count). The molecule has 0 bridgehead atoms. The van der Waals surface area contributed by atoms with Crippen LogP contribution < -0.4 is 4.90 Å². The molecule has 1 spiro atoms. The predicted octanol–water partition coefficient (Wildman–Crippen LogP) is 1.52. The minimum absolute atomic E-state index is 0.357. The zero-order chi connectivity index (χ0) is 14.9. The molecule has 0 N–H and O–H groups in total. The Morgan fingerprint density at radius 1 is 1.38 bits per heavy atom. The van der Waals surface area contributed by atoms with Crippen LogP contribution >= 0.6 is 0 Å². The third-order valence-electron chi connectivity index (χ3n) is 4.03. The van der Waals surface area contributed by atoms with Crippen molar-refractivity contribution in [2.24, 2.45) is 0 Å². The quantitative estimate of drug-likeness (QED) is 0.770. The Morgan fingerprint density at radius 2 is 2.14 bits per heavy atom. The number of methoxy groups -OCH3 is 1. The molecule has 0 radical (unpaired) electrons. The third-order valence-corrected chi connectivity index (χ3v) is 4.03. The van der Waals surface area contributed by atoms with Gasteiger partial charge >= 0.3 is 5.97 Å². The van der Waals surface area contributed by atoms with E-state index in [0.29, 0.717) is 31.0 Å². The lowest BCUT2D eigenvalue weighted by atomic mass is 10.0. The average Bonchev–Trinajstić information content (AvgIpc) is 2.94. The van der Waals surface area contributed by atoms with E-state index in [1.807, 2.05) is 13.0 Å². The molecular weight excluding hydrogens is 272 g/mol. The number of nitrogens with zero attached hydrogens (tertiary/aromatic N) is 2. The Bertz CT molecular complexity index is 540. The van der Waals surface area contributed by atoms with E-state index >= 15 is 0 Å². The van der Waals surface area contributed by atoms with Crippen LogP contribution in [0.1, 0.15) is 28.9 Å². The first kappa shape index (κ1) is 14.3. The van der Waals surface area contributed by atoms with Crippen molar-refractivity contribution in [3.63, 3.8) is 0 Å². The maximum Gasteiger partial charge on any atom is 0.339 e. The molecule has 1 aromatic rings. The van der Waals surface area contributed by atoms with Crippen molar-refractivity contribution >= 4 is 11.8 Å². The molecule has 0 amide bonds. The molecular formula is C15H20N2O4. The first-order valence-corrected chi connectivity index (χ1v) is 7.22. The van der Waals surface area contributed by atoms with E-state index in [1.54, 1.807) is 6.07 Å². The van der Waals surface area contributed by atoms with Crippen LogP contribution in [0.25, 0.3) is 0 Å². The fourth-order valence-corrected chi connectivity index (χ4v) is 2.97. The maximum atomic E-state index is 11.6. The van der Waals surface area contributed by atoms with E-state index in [4.69, 9.17) is 14.2 Å². The second kappa shape index (κ2) is 5.61. The first-order chi connectivity index (χ1) is 10.1. The van der Waals surface area contributed by atoms with Crippen LogP contribution in [0.15, 0.2) is 12.1 Å². The van der Waals surface area contributed by atoms with Gasteiger partial charge in [-0.1, -0.05) is 0 Å². The van der Waals surface area contributed by atoms with Crippen molar-refractivity contribution in [1.29, 1.82) is 0 Å². The second-order valence-corrected chi connectivity index (χ2v) is 5.43. The van der Waals surface area contributed by atoms with Crippen LogP contribution in [-0.4, -0.2) is 50.2 Å². The predicted molar refractivity (Wildman–Crippen MR) is 76.4 cm³/mol. The number of pyridine rings is 1. The molecule has 0 saturated carbocycles. The van der Waals surface area contributed by atoms with E-state index in [2.05, 4.69) is 9.88 Å². The van der Waals surface area contributed by atoms with Gasteiger partial charge in [-0.3, -0.25) is 0 Å². The average molecular weight is 292 g/mol. The van der Waals surface area contributed by atoms with Gasteiger partial charge in [-0.25, -0.2) is 9.78 Å². The summed E-state index contributed by atoms with van der Waals surface area (Å²) in [6.45, 7) is 4.72. The Balaban J connectivity index is 1.80. The highest BCUT2D eigenvalue weighted by Gasteiger charge is 2.41. The van der Waals surface area contributed by atoms with Crippen LogP contribution in [0.2, 0.25) is 0 Å². The van der Waals surface area contributed by atoms with E-state index in [9.17, 15) is 4.79 Å². The minimum atomic E-state index is -0.477. The smallest absolute Gasteiger partial charge is 0.339 e. The highest BCUT2D eigenvalue weighted by molar-refractivity contribution is 5.90. The van der Waals surface area contributed by atoms with Gasteiger partial charge < -0.3 is 19.1 Å². The van der Waals surface area contributed by atoms with Gasteiger partial charge in [-0.15, -0.1) is 0 Å². The van der Waals surface area contributed by atoms with Crippen molar-refractivity contribution in [3.05, 3.63) is 23.4 Å². The van der Waals surface area contributed by atoms with E-state index < -0.39 is 5.79 Å². The standard InChI is InChI=1S/C15H20N2O4/c1-11-12(14(18)19-2)4-5-13(16-11)17-7-3-6-15(10-17)20-8-9-21-15/h4-5H,3,6-10H2,1-2H3. The zero-order valence-corrected chi connectivity index (χ0v) is 12.4. The number of aryl methyl sites for hydroxylation is 1. The Labute approximate surface area is 124 Å².